The number of benzene rings is 2. The standard InChI is InChI=1S/C15H8F5NO2/c1-6(22)11-10(5-4-8(16)13(11)19)21-15(23)7-2-3-9(17)14(20)12(7)18/h2-5H,1H3,(H,21,23). The minimum absolute atomic E-state index is 0.425. The van der Waals surface area contributed by atoms with Crippen molar-refractivity contribution in [1.29, 1.82) is 0 Å². The molecule has 1 N–H and O–H groups in total. The normalized spacial score (nSPS) is 10.5. The summed E-state index contributed by atoms with van der Waals surface area (Å²) < 4.78 is 66.3. The molecule has 0 fully saturated rings. The number of amides is 1. The smallest absolute Gasteiger partial charge is 0.258 e. The summed E-state index contributed by atoms with van der Waals surface area (Å²) in [4.78, 5) is 23.3. The van der Waals surface area contributed by atoms with Gasteiger partial charge in [0.25, 0.3) is 5.91 Å². The highest BCUT2D eigenvalue weighted by Crippen LogP contribution is 2.24. The molecule has 2 aromatic carbocycles. The van der Waals surface area contributed by atoms with Crippen LogP contribution in [-0.4, -0.2) is 11.7 Å². The van der Waals surface area contributed by atoms with Crippen LogP contribution in [0.15, 0.2) is 24.3 Å². The Morgan fingerprint density at radius 3 is 2.00 bits per heavy atom. The Bertz CT molecular complexity index is 820. The molecule has 0 atom stereocenters. The SMILES string of the molecule is CC(=O)c1c(NC(=O)c2ccc(F)c(F)c2F)ccc(F)c1F. The number of nitrogens with one attached hydrogen (secondary N) is 1. The van der Waals surface area contributed by atoms with E-state index in [1.807, 2.05) is 5.32 Å². The third-order valence-corrected chi connectivity index (χ3v) is 2.97. The zero-order chi connectivity index (χ0) is 17.3. The van der Waals surface area contributed by atoms with Crippen LogP contribution in [0.1, 0.15) is 27.6 Å². The summed E-state index contributed by atoms with van der Waals surface area (Å²) >= 11 is 0. The molecule has 0 saturated carbocycles. The number of carbonyl (C=O) groups excluding carboxylic acids is 2. The fourth-order valence-electron chi connectivity index (χ4n) is 1.89. The highest BCUT2D eigenvalue weighted by atomic mass is 19.2. The van der Waals surface area contributed by atoms with Crippen LogP contribution in [0.5, 0.6) is 0 Å². The molecule has 0 saturated heterocycles. The first-order chi connectivity index (χ1) is 10.7. The number of ketones is 1. The van der Waals surface area contributed by atoms with E-state index >= 15 is 0 Å². The number of Topliss-reactive ketones (excluding diaryl/α,β-unsaturated/α-hetero) is 1. The molecule has 0 spiro atoms. The van der Waals surface area contributed by atoms with Crippen LogP contribution in [0.25, 0.3) is 0 Å². The van der Waals surface area contributed by atoms with Crippen LogP contribution in [-0.2, 0) is 0 Å². The quantitative estimate of drug-likeness (QED) is 0.528. The van der Waals surface area contributed by atoms with Gasteiger partial charge in [-0.3, -0.25) is 9.59 Å². The Morgan fingerprint density at radius 2 is 1.39 bits per heavy atom. The highest BCUT2D eigenvalue weighted by Gasteiger charge is 2.22. The Kier molecular flexibility index (Phi) is 4.44. The zero-order valence-electron chi connectivity index (χ0n) is 11.5. The summed E-state index contributed by atoms with van der Waals surface area (Å²) in [6.07, 6.45) is 0. The Labute approximate surface area is 126 Å². The first kappa shape index (κ1) is 16.6. The van der Waals surface area contributed by atoms with Crippen molar-refractivity contribution < 1.29 is 31.5 Å². The second-order valence-corrected chi connectivity index (χ2v) is 4.52. The van der Waals surface area contributed by atoms with Crippen LogP contribution in [0.4, 0.5) is 27.6 Å². The molecule has 0 aromatic heterocycles. The molecule has 0 aliphatic heterocycles. The van der Waals surface area contributed by atoms with E-state index in [2.05, 4.69) is 0 Å². The Morgan fingerprint density at radius 1 is 0.826 bits per heavy atom. The lowest BCUT2D eigenvalue weighted by molar-refractivity contribution is 0.101. The van der Waals surface area contributed by atoms with Crippen LogP contribution in [0, 0.1) is 29.1 Å². The molecule has 23 heavy (non-hydrogen) atoms. The molecule has 3 nitrogen and oxygen atoms in total. The number of hydrogen-bond acceptors (Lipinski definition) is 2. The van der Waals surface area contributed by atoms with Gasteiger partial charge in [0.05, 0.1) is 16.8 Å². The van der Waals surface area contributed by atoms with Gasteiger partial charge in [0.2, 0.25) is 0 Å². The van der Waals surface area contributed by atoms with E-state index in [0.29, 0.717) is 18.2 Å². The fourth-order valence-corrected chi connectivity index (χ4v) is 1.89. The summed E-state index contributed by atoms with van der Waals surface area (Å²) in [5.74, 6) is -10.0. The summed E-state index contributed by atoms with van der Waals surface area (Å²) in [6.45, 7) is 0.936. The number of anilines is 1. The second-order valence-electron chi connectivity index (χ2n) is 4.52. The van der Waals surface area contributed by atoms with Crippen molar-refractivity contribution in [3.63, 3.8) is 0 Å². The van der Waals surface area contributed by atoms with E-state index in [0.717, 1.165) is 13.0 Å². The molecule has 8 heteroatoms. The van der Waals surface area contributed by atoms with E-state index in [4.69, 9.17) is 0 Å². The van der Waals surface area contributed by atoms with Gasteiger partial charge < -0.3 is 5.32 Å². The molecule has 0 bridgehead atoms. The average molecular weight is 329 g/mol. The van der Waals surface area contributed by atoms with Crippen LogP contribution in [0.2, 0.25) is 0 Å². The van der Waals surface area contributed by atoms with Crippen molar-refractivity contribution in [2.45, 2.75) is 6.92 Å². The first-order valence-corrected chi connectivity index (χ1v) is 6.17. The van der Waals surface area contributed by atoms with Crippen molar-refractivity contribution in [2.75, 3.05) is 5.32 Å². The summed E-state index contributed by atoms with van der Waals surface area (Å²) in [6, 6.07) is 2.75. The van der Waals surface area contributed by atoms with Gasteiger partial charge in [-0.25, -0.2) is 22.0 Å². The maximum absolute atomic E-state index is 13.6. The zero-order valence-corrected chi connectivity index (χ0v) is 11.5. The van der Waals surface area contributed by atoms with Gasteiger partial charge in [-0.15, -0.1) is 0 Å². The van der Waals surface area contributed by atoms with Crippen molar-refractivity contribution >= 4 is 17.4 Å². The Balaban J connectivity index is 2.44. The third-order valence-electron chi connectivity index (χ3n) is 2.97. The molecule has 0 heterocycles. The maximum Gasteiger partial charge on any atom is 0.258 e. The summed E-state index contributed by atoms with van der Waals surface area (Å²) in [5, 5.41) is 1.97. The van der Waals surface area contributed by atoms with Crippen molar-refractivity contribution in [3.8, 4) is 0 Å². The van der Waals surface area contributed by atoms with Gasteiger partial charge in [0, 0.05) is 0 Å². The Hall–Kier alpha value is -2.77. The first-order valence-electron chi connectivity index (χ1n) is 6.17. The number of hydrogen-bond donors (Lipinski definition) is 1. The summed E-state index contributed by atoms with van der Waals surface area (Å²) in [5.41, 5.74) is -2.03. The van der Waals surface area contributed by atoms with Gasteiger partial charge in [0.15, 0.2) is 34.9 Å². The predicted octanol–water partition coefficient (Wildman–Crippen LogP) is 3.84. The average Bonchev–Trinajstić information content (AvgIpc) is 2.48. The van der Waals surface area contributed by atoms with E-state index in [1.54, 1.807) is 0 Å². The largest absolute Gasteiger partial charge is 0.321 e. The lowest BCUT2D eigenvalue weighted by atomic mass is 10.1. The summed E-state index contributed by atoms with van der Waals surface area (Å²) in [7, 11) is 0. The predicted molar refractivity (Wildman–Crippen MR) is 70.6 cm³/mol. The molecule has 120 valence electrons. The van der Waals surface area contributed by atoms with E-state index in [9.17, 15) is 31.5 Å². The molecule has 2 aromatic rings. The van der Waals surface area contributed by atoms with Crippen LogP contribution in [0.3, 0.4) is 0 Å². The minimum Gasteiger partial charge on any atom is -0.321 e. The fraction of sp³-hybridized carbons (Fsp3) is 0.0667. The highest BCUT2D eigenvalue weighted by molar-refractivity contribution is 6.09. The monoisotopic (exact) mass is 329 g/mol. The number of carbonyl (C=O) groups is 2. The second kappa shape index (κ2) is 6.15. The molecular formula is C15H8F5NO2. The molecule has 0 radical (unpaired) electrons. The topological polar surface area (TPSA) is 46.2 Å². The van der Waals surface area contributed by atoms with E-state index in [-0.39, 0.29) is 0 Å². The molecular weight excluding hydrogens is 321 g/mol. The number of halogens is 5. The van der Waals surface area contributed by atoms with E-state index < -0.39 is 57.6 Å². The molecule has 2 rings (SSSR count). The molecule has 0 aliphatic rings. The molecule has 0 aliphatic carbocycles. The van der Waals surface area contributed by atoms with E-state index in [1.165, 1.54) is 0 Å². The van der Waals surface area contributed by atoms with Gasteiger partial charge in [-0.05, 0) is 31.2 Å². The van der Waals surface area contributed by atoms with Crippen molar-refractivity contribution in [3.05, 3.63) is 64.5 Å². The van der Waals surface area contributed by atoms with Gasteiger partial charge in [0.1, 0.15) is 0 Å². The molecule has 1 amide bonds. The third kappa shape index (κ3) is 3.05. The molecule has 0 unspecified atom stereocenters. The number of rotatable bonds is 3. The minimum atomic E-state index is -1.85. The van der Waals surface area contributed by atoms with Crippen molar-refractivity contribution in [1.82, 2.24) is 0 Å². The van der Waals surface area contributed by atoms with Crippen LogP contribution >= 0.6 is 0 Å². The van der Waals surface area contributed by atoms with Crippen LogP contribution < -0.4 is 5.32 Å². The van der Waals surface area contributed by atoms with Gasteiger partial charge in [-0.2, -0.15) is 0 Å². The lowest BCUT2D eigenvalue weighted by Gasteiger charge is -2.11. The van der Waals surface area contributed by atoms with Gasteiger partial charge in [-0.1, -0.05) is 0 Å². The van der Waals surface area contributed by atoms with Gasteiger partial charge >= 0.3 is 0 Å². The lowest BCUT2D eigenvalue weighted by Crippen LogP contribution is -2.18. The maximum atomic E-state index is 13.6. The van der Waals surface area contributed by atoms with Crippen molar-refractivity contribution in [2.24, 2.45) is 0 Å².